The molecule has 0 fully saturated rings. The second-order valence-electron chi connectivity index (χ2n) is 7.37. The van der Waals surface area contributed by atoms with Gasteiger partial charge in [-0.1, -0.05) is 56.3 Å². The number of ether oxygens (including phenoxy) is 1. The van der Waals surface area contributed by atoms with Gasteiger partial charge < -0.3 is 20.7 Å². The van der Waals surface area contributed by atoms with Gasteiger partial charge in [0.1, 0.15) is 0 Å². The number of carbonyl (C=O) groups is 1. The summed E-state index contributed by atoms with van der Waals surface area (Å²) in [5.41, 5.74) is 2.89. The van der Waals surface area contributed by atoms with Crippen LogP contribution in [-0.2, 0) is 17.9 Å². The van der Waals surface area contributed by atoms with Crippen molar-refractivity contribution >= 4 is 11.9 Å². The Labute approximate surface area is 180 Å². The van der Waals surface area contributed by atoms with Gasteiger partial charge in [0, 0.05) is 32.2 Å². The fraction of sp³-hybridized carbons (Fsp3) is 0.417. The maximum absolute atomic E-state index is 12.1. The van der Waals surface area contributed by atoms with E-state index in [4.69, 9.17) is 4.74 Å². The Morgan fingerprint density at radius 2 is 1.80 bits per heavy atom. The number of hydrogen-bond acceptors (Lipinski definition) is 3. The van der Waals surface area contributed by atoms with Gasteiger partial charge >= 0.3 is 0 Å². The Bertz CT molecular complexity index is 793. The maximum atomic E-state index is 12.1. The zero-order valence-electron chi connectivity index (χ0n) is 18.3. The summed E-state index contributed by atoms with van der Waals surface area (Å²) in [5, 5.41) is 9.54. The van der Waals surface area contributed by atoms with Crippen LogP contribution in [-0.4, -0.2) is 38.6 Å². The van der Waals surface area contributed by atoms with Crippen molar-refractivity contribution < 1.29 is 9.53 Å². The molecule has 30 heavy (non-hydrogen) atoms. The number of guanidine groups is 1. The molecule has 6 nitrogen and oxygen atoms in total. The average molecular weight is 411 g/mol. The lowest BCUT2D eigenvalue weighted by Gasteiger charge is -2.16. The average Bonchev–Trinajstić information content (AvgIpc) is 2.78. The molecule has 1 unspecified atom stereocenters. The molecule has 2 aromatic carbocycles. The molecule has 0 aliphatic heterocycles. The predicted octanol–water partition coefficient (Wildman–Crippen LogP) is 3.34. The van der Waals surface area contributed by atoms with Crippen molar-refractivity contribution in [2.75, 3.05) is 26.7 Å². The van der Waals surface area contributed by atoms with Crippen molar-refractivity contribution in [2.24, 2.45) is 10.9 Å². The third kappa shape index (κ3) is 8.66. The summed E-state index contributed by atoms with van der Waals surface area (Å²) in [6.07, 6.45) is 0.921. The third-order valence-electron chi connectivity index (χ3n) is 4.54. The molecule has 0 radical (unpaired) electrons. The van der Waals surface area contributed by atoms with Gasteiger partial charge in [0.05, 0.1) is 13.2 Å². The first-order chi connectivity index (χ1) is 14.6. The molecule has 0 aromatic heterocycles. The number of aliphatic imine (C=N–C) groups is 1. The predicted molar refractivity (Wildman–Crippen MR) is 123 cm³/mol. The number of rotatable bonds is 11. The monoisotopic (exact) mass is 410 g/mol. The molecule has 0 bridgehead atoms. The molecule has 0 saturated carbocycles. The fourth-order valence-electron chi connectivity index (χ4n) is 2.85. The highest BCUT2D eigenvalue weighted by Gasteiger charge is 2.07. The molecule has 0 saturated heterocycles. The SMILES string of the molecule is CCCNC(=O)c1cccc(CNC(=NC)NCC(C)COCc2ccccc2)c1. The van der Waals surface area contributed by atoms with Crippen LogP contribution in [0, 0.1) is 5.92 Å². The minimum Gasteiger partial charge on any atom is -0.376 e. The van der Waals surface area contributed by atoms with Crippen LogP contribution in [0.2, 0.25) is 0 Å². The number of amides is 1. The molecule has 2 aromatic rings. The smallest absolute Gasteiger partial charge is 0.251 e. The van der Waals surface area contributed by atoms with Gasteiger partial charge in [-0.2, -0.15) is 0 Å². The van der Waals surface area contributed by atoms with Crippen molar-refractivity contribution in [1.82, 2.24) is 16.0 Å². The molecule has 0 aliphatic carbocycles. The van der Waals surface area contributed by atoms with Gasteiger partial charge in [-0.05, 0) is 35.6 Å². The quantitative estimate of drug-likeness (QED) is 0.392. The van der Waals surface area contributed by atoms with Crippen molar-refractivity contribution in [3.8, 4) is 0 Å². The normalized spacial score (nSPS) is 12.3. The van der Waals surface area contributed by atoms with Crippen LogP contribution in [0.3, 0.4) is 0 Å². The van der Waals surface area contributed by atoms with Crippen LogP contribution in [0.15, 0.2) is 59.6 Å². The number of benzene rings is 2. The first-order valence-corrected chi connectivity index (χ1v) is 10.6. The van der Waals surface area contributed by atoms with E-state index >= 15 is 0 Å². The minimum absolute atomic E-state index is 0.0365. The van der Waals surface area contributed by atoms with Gasteiger partial charge in [0.25, 0.3) is 5.91 Å². The molecule has 0 spiro atoms. The van der Waals surface area contributed by atoms with E-state index in [9.17, 15) is 4.79 Å². The highest BCUT2D eigenvalue weighted by Crippen LogP contribution is 2.06. The highest BCUT2D eigenvalue weighted by molar-refractivity contribution is 5.94. The van der Waals surface area contributed by atoms with E-state index in [0.717, 1.165) is 24.5 Å². The zero-order chi connectivity index (χ0) is 21.6. The van der Waals surface area contributed by atoms with Crippen molar-refractivity contribution in [1.29, 1.82) is 0 Å². The lowest BCUT2D eigenvalue weighted by Crippen LogP contribution is -2.39. The summed E-state index contributed by atoms with van der Waals surface area (Å²) in [5.74, 6) is 1.04. The molecule has 0 aliphatic rings. The standard InChI is InChI=1S/C24H34N4O2/c1-4-13-26-23(29)22-12-8-11-21(14-22)16-28-24(25-3)27-15-19(2)17-30-18-20-9-6-5-7-10-20/h5-12,14,19H,4,13,15-18H2,1-3H3,(H,26,29)(H2,25,27,28). The van der Waals surface area contributed by atoms with E-state index in [0.29, 0.717) is 37.8 Å². The number of nitrogens with zero attached hydrogens (tertiary/aromatic N) is 1. The first-order valence-electron chi connectivity index (χ1n) is 10.6. The Kier molecular flexibility index (Phi) is 10.4. The van der Waals surface area contributed by atoms with Crippen molar-refractivity contribution in [3.05, 3.63) is 71.3 Å². The Balaban J connectivity index is 1.72. The van der Waals surface area contributed by atoms with Gasteiger partial charge in [-0.3, -0.25) is 9.79 Å². The van der Waals surface area contributed by atoms with Gasteiger partial charge in [-0.25, -0.2) is 0 Å². The summed E-state index contributed by atoms with van der Waals surface area (Å²) >= 11 is 0. The number of carbonyl (C=O) groups excluding carboxylic acids is 1. The van der Waals surface area contributed by atoms with Crippen LogP contribution in [0.4, 0.5) is 0 Å². The lowest BCUT2D eigenvalue weighted by molar-refractivity contribution is 0.0931. The second-order valence-corrected chi connectivity index (χ2v) is 7.37. The van der Waals surface area contributed by atoms with Crippen molar-refractivity contribution in [2.45, 2.75) is 33.4 Å². The van der Waals surface area contributed by atoms with Gasteiger partial charge in [0.15, 0.2) is 5.96 Å². The third-order valence-corrected chi connectivity index (χ3v) is 4.54. The molecule has 162 valence electrons. The molecule has 1 atom stereocenters. The Hall–Kier alpha value is -2.86. The molecule has 0 heterocycles. The maximum Gasteiger partial charge on any atom is 0.251 e. The van der Waals surface area contributed by atoms with E-state index in [-0.39, 0.29) is 5.91 Å². The zero-order valence-corrected chi connectivity index (χ0v) is 18.3. The van der Waals surface area contributed by atoms with E-state index in [2.05, 4.69) is 40.0 Å². The van der Waals surface area contributed by atoms with Crippen LogP contribution in [0.1, 0.15) is 41.8 Å². The van der Waals surface area contributed by atoms with Gasteiger partial charge in [-0.15, -0.1) is 0 Å². The summed E-state index contributed by atoms with van der Waals surface area (Å²) in [7, 11) is 1.75. The van der Waals surface area contributed by atoms with Gasteiger partial charge in [0.2, 0.25) is 0 Å². The fourth-order valence-corrected chi connectivity index (χ4v) is 2.85. The van der Waals surface area contributed by atoms with E-state index in [1.165, 1.54) is 5.56 Å². The summed E-state index contributed by atoms with van der Waals surface area (Å²) < 4.78 is 5.80. The molecule has 2 rings (SSSR count). The molecular formula is C24H34N4O2. The summed E-state index contributed by atoms with van der Waals surface area (Å²) in [4.78, 5) is 16.4. The molecular weight excluding hydrogens is 376 g/mol. The summed E-state index contributed by atoms with van der Waals surface area (Å²) in [6.45, 7) is 7.51. The van der Waals surface area contributed by atoms with Crippen LogP contribution >= 0.6 is 0 Å². The molecule has 3 N–H and O–H groups in total. The topological polar surface area (TPSA) is 74.8 Å². The lowest BCUT2D eigenvalue weighted by atomic mass is 10.1. The highest BCUT2D eigenvalue weighted by atomic mass is 16.5. The van der Waals surface area contributed by atoms with E-state index < -0.39 is 0 Å². The first kappa shape index (κ1) is 23.4. The minimum atomic E-state index is -0.0365. The Morgan fingerprint density at radius 1 is 1.03 bits per heavy atom. The summed E-state index contributed by atoms with van der Waals surface area (Å²) in [6, 6.07) is 17.8. The molecule has 6 heteroatoms. The van der Waals surface area contributed by atoms with E-state index in [1.54, 1.807) is 7.05 Å². The largest absolute Gasteiger partial charge is 0.376 e. The van der Waals surface area contributed by atoms with Crippen LogP contribution < -0.4 is 16.0 Å². The number of hydrogen-bond donors (Lipinski definition) is 3. The second kappa shape index (κ2) is 13.4. The van der Waals surface area contributed by atoms with Crippen molar-refractivity contribution in [3.63, 3.8) is 0 Å². The van der Waals surface area contributed by atoms with E-state index in [1.807, 2.05) is 49.4 Å². The number of nitrogens with one attached hydrogen (secondary N) is 3. The Morgan fingerprint density at radius 3 is 2.53 bits per heavy atom. The van der Waals surface area contributed by atoms with Crippen LogP contribution in [0.25, 0.3) is 0 Å². The van der Waals surface area contributed by atoms with Crippen LogP contribution in [0.5, 0.6) is 0 Å². The molecule has 1 amide bonds.